The number of nitro groups is 1. The maximum absolute atomic E-state index is 10.7. The number of likely N-dealkylation sites (N-methyl/N-ethyl adjacent to an activating group) is 1. The van der Waals surface area contributed by atoms with Crippen molar-refractivity contribution in [2.45, 2.75) is 18.9 Å². The second kappa shape index (κ2) is 6.64. The molecule has 6 nitrogen and oxygen atoms in total. The van der Waals surface area contributed by atoms with Gasteiger partial charge in [0.05, 0.1) is 4.92 Å². The van der Waals surface area contributed by atoms with E-state index in [9.17, 15) is 10.1 Å². The number of nitrogens with zero attached hydrogens (tertiary/aromatic N) is 4. The number of aromatic nitrogens is 1. The minimum absolute atomic E-state index is 0.0247. The molecule has 0 N–H and O–H groups in total. The zero-order valence-corrected chi connectivity index (χ0v) is 13.1. The average Bonchev–Trinajstić information content (AvgIpc) is 2.62. The van der Waals surface area contributed by atoms with Gasteiger partial charge in [-0.3, -0.25) is 10.1 Å². The molecule has 120 valence electrons. The molecule has 6 heteroatoms. The molecule has 1 saturated heterocycles. The molecule has 3 rings (SSSR count). The van der Waals surface area contributed by atoms with Gasteiger partial charge in [-0.1, -0.05) is 18.2 Å². The van der Waals surface area contributed by atoms with Crippen LogP contribution in [0, 0.1) is 10.1 Å². The summed E-state index contributed by atoms with van der Waals surface area (Å²) < 4.78 is 0. The normalized spacial score (nSPS) is 17.8. The van der Waals surface area contributed by atoms with Crippen molar-refractivity contribution in [3.63, 3.8) is 0 Å². The minimum Gasteiger partial charge on any atom is -0.369 e. The van der Waals surface area contributed by atoms with E-state index in [-0.39, 0.29) is 5.69 Å². The highest BCUT2D eigenvalue weighted by Gasteiger charge is 2.24. The molecule has 0 amide bonds. The molecule has 1 aliphatic rings. The zero-order chi connectivity index (χ0) is 16.2. The summed E-state index contributed by atoms with van der Waals surface area (Å²) in [6.45, 7) is 1.99. The third-order valence-electron chi connectivity index (χ3n) is 4.37. The topological polar surface area (TPSA) is 62.5 Å². The van der Waals surface area contributed by atoms with Crippen LogP contribution in [0.15, 0.2) is 48.7 Å². The molecule has 1 aliphatic heterocycles. The Morgan fingerprint density at radius 3 is 2.70 bits per heavy atom. The van der Waals surface area contributed by atoms with Crippen LogP contribution in [0.2, 0.25) is 0 Å². The monoisotopic (exact) mass is 312 g/mol. The van der Waals surface area contributed by atoms with Crippen LogP contribution >= 0.6 is 0 Å². The van der Waals surface area contributed by atoms with Crippen LogP contribution < -0.4 is 9.80 Å². The zero-order valence-electron chi connectivity index (χ0n) is 13.1. The Labute approximate surface area is 135 Å². The largest absolute Gasteiger partial charge is 0.369 e. The molecule has 2 heterocycles. The van der Waals surface area contributed by atoms with Gasteiger partial charge >= 0.3 is 0 Å². The smallest absolute Gasteiger partial charge is 0.287 e. The second-order valence-corrected chi connectivity index (χ2v) is 5.82. The summed E-state index contributed by atoms with van der Waals surface area (Å²) in [5.74, 6) is 0.774. The van der Waals surface area contributed by atoms with Gasteiger partial charge in [-0.05, 0) is 31.0 Å². The predicted molar refractivity (Wildman–Crippen MR) is 91.0 cm³/mol. The van der Waals surface area contributed by atoms with Gasteiger partial charge in [-0.2, -0.15) is 0 Å². The predicted octanol–water partition coefficient (Wildman–Crippen LogP) is 3.10. The lowest BCUT2D eigenvalue weighted by Gasteiger charge is -2.39. The van der Waals surface area contributed by atoms with Crippen LogP contribution in [0.3, 0.4) is 0 Å². The van der Waals surface area contributed by atoms with Gasteiger partial charge < -0.3 is 9.80 Å². The fourth-order valence-electron chi connectivity index (χ4n) is 3.03. The van der Waals surface area contributed by atoms with Crippen molar-refractivity contribution in [3.05, 3.63) is 58.8 Å². The summed E-state index contributed by atoms with van der Waals surface area (Å²) in [7, 11) is 2.01. The highest BCUT2D eigenvalue weighted by Crippen LogP contribution is 2.24. The summed E-state index contributed by atoms with van der Waals surface area (Å²) in [4.78, 5) is 19.1. The lowest BCUT2D eigenvalue weighted by Crippen LogP contribution is -2.47. The lowest BCUT2D eigenvalue weighted by molar-refractivity contribution is -0.385. The van der Waals surface area contributed by atoms with Crippen molar-refractivity contribution in [3.8, 4) is 0 Å². The van der Waals surface area contributed by atoms with Crippen LogP contribution in [0.25, 0.3) is 0 Å². The summed E-state index contributed by atoms with van der Waals surface area (Å²) in [6.07, 6.45) is 3.54. The summed E-state index contributed by atoms with van der Waals surface area (Å²) >= 11 is 0. The maximum Gasteiger partial charge on any atom is 0.287 e. The number of anilines is 2. The quantitative estimate of drug-likeness (QED) is 0.641. The molecule has 0 radical (unpaired) electrons. The van der Waals surface area contributed by atoms with E-state index < -0.39 is 4.92 Å². The Kier molecular flexibility index (Phi) is 4.41. The van der Waals surface area contributed by atoms with E-state index in [4.69, 9.17) is 0 Å². The lowest BCUT2D eigenvalue weighted by atomic mass is 10.0. The molecule has 23 heavy (non-hydrogen) atoms. The van der Waals surface area contributed by atoms with Gasteiger partial charge in [0.15, 0.2) is 0 Å². The maximum atomic E-state index is 10.7. The van der Waals surface area contributed by atoms with E-state index in [1.165, 1.54) is 18.0 Å². The Hall–Kier alpha value is -2.63. The Bertz CT molecular complexity index is 660. The third kappa shape index (κ3) is 3.41. The second-order valence-electron chi connectivity index (χ2n) is 5.82. The fourth-order valence-corrected chi connectivity index (χ4v) is 3.03. The van der Waals surface area contributed by atoms with Crippen molar-refractivity contribution < 1.29 is 4.92 Å². The molecule has 0 aliphatic carbocycles. The Morgan fingerprint density at radius 1 is 1.26 bits per heavy atom. The van der Waals surface area contributed by atoms with Crippen molar-refractivity contribution in [2.75, 3.05) is 29.9 Å². The highest BCUT2D eigenvalue weighted by molar-refractivity contribution is 5.48. The van der Waals surface area contributed by atoms with Crippen LogP contribution in [0.4, 0.5) is 17.2 Å². The average molecular weight is 312 g/mol. The van der Waals surface area contributed by atoms with Crippen molar-refractivity contribution in [2.24, 2.45) is 0 Å². The van der Waals surface area contributed by atoms with Gasteiger partial charge in [0, 0.05) is 37.9 Å². The van der Waals surface area contributed by atoms with Crippen LogP contribution in [0.1, 0.15) is 12.8 Å². The van der Waals surface area contributed by atoms with Gasteiger partial charge in [0.25, 0.3) is 5.69 Å². The Balaban J connectivity index is 1.71. The van der Waals surface area contributed by atoms with Gasteiger partial charge in [0.2, 0.25) is 0 Å². The molecule has 0 saturated carbocycles. The van der Waals surface area contributed by atoms with E-state index in [0.29, 0.717) is 6.04 Å². The molecule has 1 fully saturated rings. The highest BCUT2D eigenvalue weighted by atomic mass is 16.6. The van der Waals surface area contributed by atoms with Gasteiger partial charge in [0.1, 0.15) is 12.0 Å². The first-order valence-corrected chi connectivity index (χ1v) is 7.78. The van der Waals surface area contributed by atoms with Crippen LogP contribution in [0.5, 0.6) is 0 Å². The molecule has 2 aromatic rings. The first-order chi connectivity index (χ1) is 11.1. The summed E-state index contributed by atoms with van der Waals surface area (Å²) in [6, 6.07) is 14.0. The number of benzene rings is 1. The van der Waals surface area contributed by atoms with Crippen molar-refractivity contribution >= 4 is 17.2 Å². The first-order valence-electron chi connectivity index (χ1n) is 7.78. The van der Waals surface area contributed by atoms with Gasteiger partial charge in [-0.25, -0.2) is 4.98 Å². The summed E-state index contributed by atoms with van der Waals surface area (Å²) in [5.41, 5.74) is 1.26. The first kappa shape index (κ1) is 15.3. The van der Waals surface area contributed by atoms with E-state index in [0.717, 1.165) is 31.7 Å². The summed E-state index contributed by atoms with van der Waals surface area (Å²) in [5, 5.41) is 10.7. The SMILES string of the molecule is CN(c1ccc([N+](=O)[O-])cn1)C1CCCN(c2ccccc2)C1. The van der Waals surface area contributed by atoms with Crippen molar-refractivity contribution in [1.29, 1.82) is 0 Å². The number of hydrogen-bond donors (Lipinski definition) is 0. The van der Waals surface area contributed by atoms with E-state index in [2.05, 4.69) is 39.0 Å². The molecular formula is C17H20N4O2. The number of pyridine rings is 1. The van der Waals surface area contributed by atoms with E-state index in [1.54, 1.807) is 6.07 Å². The number of piperidine rings is 1. The molecular weight excluding hydrogens is 292 g/mol. The Morgan fingerprint density at radius 2 is 2.04 bits per heavy atom. The molecule has 0 spiro atoms. The molecule has 1 aromatic heterocycles. The van der Waals surface area contributed by atoms with Gasteiger partial charge in [-0.15, -0.1) is 0 Å². The molecule has 1 atom stereocenters. The number of hydrogen-bond acceptors (Lipinski definition) is 5. The third-order valence-corrected chi connectivity index (χ3v) is 4.37. The van der Waals surface area contributed by atoms with Crippen LogP contribution in [-0.4, -0.2) is 36.1 Å². The minimum atomic E-state index is -0.422. The van der Waals surface area contributed by atoms with E-state index in [1.807, 2.05) is 13.1 Å². The number of rotatable bonds is 4. The standard InChI is InChI=1S/C17H20N4O2/c1-19(17-10-9-15(12-18-17)21(22)23)16-8-5-11-20(13-16)14-6-3-2-4-7-14/h2-4,6-7,9-10,12,16H,5,8,11,13H2,1H3. The molecule has 1 aromatic carbocycles. The fraction of sp³-hybridized carbons (Fsp3) is 0.353. The van der Waals surface area contributed by atoms with Crippen molar-refractivity contribution in [1.82, 2.24) is 4.98 Å². The van der Waals surface area contributed by atoms with E-state index >= 15 is 0 Å². The molecule has 1 unspecified atom stereocenters. The number of para-hydroxylation sites is 1. The van der Waals surface area contributed by atoms with Crippen LogP contribution in [-0.2, 0) is 0 Å². The molecule has 0 bridgehead atoms.